The molecule has 1 rings (SSSR count). The van der Waals surface area contributed by atoms with Crippen LogP contribution in [0.15, 0.2) is 30.3 Å². The minimum atomic E-state index is -1.24. The van der Waals surface area contributed by atoms with E-state index in [1.54, 1.807) is 24.3 Å². The molecule has 1 aromatic rings. The predicted octanol–water partition coefficient (Wildman–Crippen LogP) is 1.00. The van der Waals surface area contributed by atoms with Gasteiger partial charge in [-0.2, -0.15) is 0 Å². The number of aliphatic hydroxyl groups is 1. The lowest BCUT2D eigenvalue weighted by Gasteiger charge is -2.32. The molecular formula is C14H20N2O4. The summed E-state index contributed by atoms with van der Waals surface area (Å²) in [6.45, 7) is 1.46. The number of rotatable bonds is 5. The maximum atomic E-state index is 12.1. The molecule has 20 heavy (non-hydrogen) atoms. The zero-order valence-corrected chi connectivity index (χ0v) is 11.9. The molecule has 110 valence electrons. The molecule has 0 bridgehead atoms. The van der Waals surface area contributed by atoms with Crippen LogP contribution in [0, 0.1) is 0 Å². The highest BCUT2D eigenvalue weighted by Crippen LogP contribution is 2.13. The lowest BCUT2D eigenvalue weighted by atomic mass is 10.1. The highest BCUT2D eigenvalue weighted by molar-refractivity contribution is 5.85. The van der Waals surface area contributed by atoms with Crippen molar-refractivity contribution < 1.29 is 19.8 Å². The minimum absolute atomic E-state index is 0.0469. The number of benzene rings is 1. The lowest BCUT2D eigenvalue weighted by molar-refractivity contribution is -0.137. The Balaban J connectivity index is 3.03. The Bertz CT molecular complexity index is 460. The molecule has 0 aliphatic heterocycles. The van der Waals surface area contributed by atoms with Crippen molar-refractivity contribution in [2.24, 2.45) is 0 Å². The minimum Gasteiger partial charge on any atom is -0.465 e. The van der Waals surface area contributed by atoms with Crippen molar-refractivity contribution in [3.8, 4) is 0 Å². The van der Waals surface area contributed by atoms with E-state index in [1.807, 2.05) is 6.07 Å². The van der Waals surface area contributed by atoms with Gasteiger partial charge in [-0.05, 0) is 12.5 Å². The molecule has 2 N–H and O–H groups in total. The Kier molecular flexibility index (Phi) is 5.52. The van der Waals surface area contributed by atoms with Gasteiger partial charge < -0.3 is 15.1 Å². The summed E-state index contributed by atoms with van der Waals surface area (Å²) >= 11 is 0. The third-order valence-electron chi connectivity index (χ3n) is 2.93. The van der Waals surface area contributed by atoms with E-state index < -0.39 is 24.1 Å². The van der Waals surface area contributed by atoms with Crippen LogP contribution >= 0.6 is 0 Å². The summed E-state index contributed by atoms with van der Waals surface area (Å²) in [5, 5.41) is 19.1. The fourth-order valence-electron chi connectivity index (χ4n) is 1.93. The van der Waals surface area contributed by atoms with Crippen molar-refractivity contribution in [2.45, 2.75) is 25.6 Å². The molecule has 0 aromatic heterocycles. The van der Waals surface area contributed by atoms with E-state index in [0.717, 1.165) is 10.5 Å². The van der Waals surface area contributed by atoms with Gasteiger partial charge in [-0.1, -0.05) is 30.3 Å². The fraction of sp³-hybridized carbons (Fsp3) is 0.429. The average Bonchev–Trinajstić information content (AvgIpc) is 2.38. The lowest BCUT2D eigenvalue weighted by Crippen LogP contribution is -2.53. The van der Waals surface area contributed by atoms with E-state index in [4.69, 9.17) is 0 Å². The van der Waals surface area contributed by atoms with Gasteiger partial charge >= 0.3 is 6.09 Å². The molecule has 0 radical (unpaired) electrons. The molecule has 2 atom stereocenters. The van der Waals surface area contributed by atoms with Gasteiger partial charge in [0.05, 0.1) is 6.10 Å². The van der Waals surface area contributed by atoms with E-state index in [1.165, 1.54) is 25.9 Å². The molecule has 0 saturated heterocycles. The molecular weight excluding hydrogens is 260 g/mol. The van der Waals surface area contributed by atoms with Crippen molar-refractivity contribution in [3.05, 3.63) is 35.9 Å². The Morgan fingerprint density at radius 2 is 1.75 bits per heavy atom. The van der Waals surface area contributed by atoms with Gasteiger partial charge in [0.15, 0.2) is 0 Å². The van der Waals surface area contributed by atoms with Crippen LogP contribution in [0.5, 0.6) is 0 Å². The summed E-state index contributed by atoms with van der Waals surface area (Å²) < 4.78 is 0. The molecule has 6 heteroatoms. The van der Waals surface area contributed by atoms with Crippen LogP contribution in [0.1, 0.15) is 12.5 Å². The number of aliphatic hydroxyl groups excluding tert-OH is 1. The standard InChI is InChI=1S/C14H20N2O4/c1-10(17)12(13(18)15(2)3)16(14(19)20)9-11-7-5-4-6-8-11/h4-8,10,12,17H,9H2,1-3H3,(H,19,20)/t10-,12-/m1/s1. The normalized spacial score (nSPS) is 13.4. The quantitative estimate of drug-likeness (QED) is 0.843. The second kappa shape index (κ2) is 6.91. The number of carbonyl (C=O) groups is 2. The highest BCUT2D eigenvalue weighted by atomic mass is 16.4. The van der Waals surface area contributed by atoms with Crippen LogP contribution in [-0.2, 0) is 11.3 Å². The Labute approximate surface area is 118 Å². The predicted molar refractivity (Wildman–Crippen MR) is 74.2 cm³/mol. The molecule has 6 nitrogen and oxygen atoms in total. The van der Waals surface area contributed by atoms with E-state index in [9.17, 15) is 19.8 Å². The largest absolute Gasteiger partial charge is 0.465 e. The van der Waals surface area contributed by atoms with Gasteiger partial charge in [0.25, 0.3) is 0 Å². The number of nitrogens with zero attached hydrogens (tertiary/aromatic N) is 2. The van der Waals surface area contributed by atoms with Gasteiger partial charge in [-0.15, -0.1) is 0 Å². The summed E-state index contributed by atoms with van der Waals surface area (Å²) in [6, 6.07) is 7.83. The summed E-state index contributed by atoms with van der Waals surface area (Å²) in [7, 11) is 3.06. The van der Waals surface area contributed by atoms with Gasteiger partial charge in [0.1, 0.15) is 6.04 Å². The molecule has 1 aromatic carbocycles. The summed E-state index contributed by atoms with van der Waals surface area (Å²) in [6.07, 6.45) is -2.33. The van der Waals surface area contributed by atoms with Gasteiger partial charge in [-0.3, -0.25) is 9.69 Å². The van der Waals surface area contributed by atoms with E-state index in [-0.39, 0.29) is 6.54 Å². The topological polar surface area (TPSA) is 81.1 Å². The molecule has 0 saturated carbocycles. The third-order valence-corrected chi connectivity index (χ3v) is 2.93. The average molecular weight is 280 g/mol. The number of carbonyl (C=O) groups excluding carboxylic acids is 1. The molecule has 0 heterocycles. The number of carboxylic acid groups (broad SMARTS) is 1. The highest BCUT2D eigenvalue weighted by Gasteiger charge is 2.34. The first-order valence-corrected chi connectivity index (χ1v) is 6.27. The molecule has 0 fully saturated rings. The number of amides is 2. The smallest absolute Gasteiger partial charge is 0.408 e. The first-order valence-electron chi connectivity index (χ1n) is 6.27. The first-order chi connectivity index (χ1) is 9.34. The number of hydrogen-bond acceptors (Lipinski definition) is 3. The first kappa shape index (κ1) is 16.0. The molecule has 0 spiro atoms. The Hall–Kier alpha value is -2.08. The Morgan fingerprint density at radius 3 is 2.15 bits per heavy atom. The molecule has 2 amide bonds. The van der Waals surface area contributed by atoms with E-state index >= 15 is 0 Å². The fourth-order valence-corrected chi connectivity index (χ4v) is 1.93. The van der Waals surface area contributed by atoms with Crippen molar-refractivity contribution >= 4 is 12.0 Å². The van der Waals surface area contributed by atoms with Gasteiger partial charge in [-0.25, -0.2) is 4.79 Å². The van der Waals surface area contributed by atoms with E-state index in [2.05, 4.69) is 0 Å². The molecule has 0 aliphatic carbocycles. The number of hydrogen-bond donors (Lipinski definition) is 2. The number of likely N-dealkylation sites (N-methyl/N-ethyl adjacent to an activating group) is 1. The summed E-state index contributed by atoms with van der Waals surface area (Å²) in [5.41, 5.74) is 0.757. The summed E-state index contributed by atoms with van der Waals surface area (Å²) in [5.74, 6) is -0.446. The molecule has 0 aliphatic rings. The van der Waals surface area contributed by atoms with E-state index in [0.29, 0.717) is 0 Å². The van der Waals surface area contributed by atoms with Gasteiger partial charge in [0, 0.05) is 20.6 Å². The molecule has 0 unspecified atom stereocenters. The van der Waals surface area contributed by atoms with Crippen LogP contribution in [0.4, 0.5) is 4.79 Å². The third kappa shape index (κ3) is 3.96. The van der Waals surface area contributed by atoms with Crippen LogP contribution in [0.3, 0.4) is 0 Å². The summed E-state index contributed by atoms with van der Waals surface area (Å²) in [4.78, 5) is 25.7. The SMILES string of the molecule is C[C@@H](O)[C@H](C(=O)N(C)C)N(Cc1ccccc1)C(=O)O. The van der Waals surface area contributed by atoms with Crippen LogP contribution in [0.2, 0.25) is 0 Å². The maximum Gasteiger partial charge on any atom is 0.408 e. The van der Waals surface area contributed by atoms with Gasteiger partial charge in [0.2, 0.25) is 5.91 Å². The van der Waals surface area contributed by atoms with Crippen molar-refractivity contribution in [3.63, 3.8) is 0 Å². The van der Waals surface area contributed by atoms with Crippen molar-refractivity contribution in [1.82, 2.24) is 9.80 Å². The van der Waals surface area contributed by atoms with Crippen LogP contribution in [-0.4, -0.2) is 58.3 Å². The zero-order chi connectivity index (χ0) is 15.3. The van der Waals surface area contributed by atoms with Crippen molar-refractivity contribution in [2.75, 3.05) is 14.1 Å². The second-order valence-electron chi connectivity index (χ2n) is 4.81. The zero-order valence-electron chi connectivity index (χ0n) is 11.9. The van der Waals surface area contributed by atoms with Crippen LogP contribution in [0.25, 0.3) is 0 Å². The second-order valence-corrected chi connectivity index (χ2v) is 4.81. The Morgan fingerprint density at radius 1 is 1.20 bits per heavy atom. The van der Waals surface area contributed by atoms with Crippen molar-refractivity contribution in [1.29, 1.82) is 0 Å². The maximum absolute atomic E-state index is 12.1. The van der Waals surface area contributed by atoms with Crippen LogP contribution < -0.4 is 0 Å². The monoisotopic (exact) mass is 280 g/mol.